The van der Waals surface area contributed by atoms with Gasteiger partial charge in [-0.2, -0.15) is 8.42 Å². The molecule has 2 N–H and O–H groups in total. The van der Waals surface area contributed by atoms with E-state index in [1.54, 1.807) is 0 Å². The number of hydrogen-bond donors (Lipinski definition) is 2. The molecule has 0 aromatic carbocycles. The molecule has 1 aliphatic carbocycles. The van der Waals surface area contributed by atoms with Crippen LogP contribution in [0.3, 0.4) is 0 Å². The van der Waals surface area contributed by atoms with E-state index in [-0.39, 0.29) is 0 Å². The first-order chi connectivity index (χ1) is 7.08. The summed E-state index contributed by atoms with van der Waals surface area (Å²) < 4.78 is 29.1. The minimum absolute atomic E-state index is 0.405. The molecule has 1 aliphatic rings. The van der Waals surface area contributed by atoms with E-state index < -0.39 is 9.15 Å². The smallest absolute Gasteiger partial charge is 0.316 e. The van der Waals surface area contributed by atoms with Gasteiger partial charge in [-0.1, -0.05) is 19.3 Å². The third kappa shape index (κ3) is 7.16. The van der Waals surface area contributed by atoms with Gasteiger partial charge in [0.1, 0.15) is 0 Å². The van der Waals surface area contributed by atoms with Crippen LogP contribution in [-0.4, -0.2) is 31.8 Å². The Morgan fingerprint density at radius 2 is 2.07 bits per heavy atom. The van der Waals surface area contributed by atoms with Gasteiger partial charge >= 0.3 is 9.15 Å². The Kier molecular flexibility index (Phi) is 5.96. The first-order valence-corrected chi connectivity index (χ1v) is 8.35. The van der Waals surface area contributed by atoms with Crippen LogP contribution >= 0.6 is 10.8 Å². The van der Waals surface area contributed by atoms with E-state index >= 15 is 0 Å². The van der Waals surface area contributed by atoms with Crippen molar-refractivity contribution in [2.45, 2.75) is 32.1 Å². The lowest BCUT2D eigenvalue weighted by Crippen LogP contribution is -2.20. The van der Waals surface area contributed by atoms with Crippen molar-refractivity contribution in [2.24, 2.45) is 5.92 Å². The fraction of sp³-hybridized carbons (Fsp3) is 1.00. The van der Waals surface area contributed by atoms with Gasteiger partial charge in [0.25, 0.3) is 0 Å². The molecule has 0 amide bonds. The first-order valence-electron chi connectivity index (χ1n) is 5.40. The molecule has 1 fully saturated rings. The Bertz CT molecular complexity index is 263. The zero-order valence-electron chi connectivity index (χ0n) is 8.81. The predicted octanol–water partition coefficient (Wildman–Crippen LogP) is 1.69. The third-order valence-electron chi connectivity index (χ3n) is 2.70. The molecule has 0 bridgehead atoms. The summed E-state index contributed by atoms with van der Waals surface area (Å²) in [6.07, 6.45) is 6.62. The van der Waals surface area contributed by atoms with Crippen LogP contribution in [0.1, 0.15) is 32.1 Å². The van der Waals surface area contributed by atoms with Crippen molar-refractivity contribution in [3.05, 3.63) is 0 Å². The topological polar surface area (TPSA) is 66.4 Å². The fourth-order valence-corrected chi connectivity index (χ4v) is 2.96. The van der Waals surface area contributed by atoms with Crippen LogP contribution in [0, 0.1) is 5.92 Å². The molecule has 0 aromatic heterocycles. The van der Waals surface area contributed by atoms with Gasteiger partial charge in [-0.15, -0.1) is 0 Å². The van der Waals surface area contributed by atoms with Gasteiger partial charge in [-0.05, 0) is 36.1 Å². The number of hydrogen-bond acceptors (Lipinski definition) is 4. The lowest BCUT2D eigenvalue weighted by Gasteiger charge is -2.25. The van der Waals surface area contributed by atoms with Crippen molar-refractivity contribution in [1.82, 2.24) is 5.32 Å². The normalized spacial score (nSPS) is 17.7. The highest BCUT2D eigenvalue weighted by Crippen LogP contribution is 2.29. The van der Waals surface area contributed by atoms with E-state index in [0.717, 1.165) is 12.5 Å². The molecule has 0 radical (unpaired) electrons. The third-order valence-corrected chi connectivity index (χ3v) is 4.76. The quantitative estimate of drug-likeness (QED) is 0.391. The fourth-order valence-electron chi connectivity index (χ4n) is 1.64. The summed E-state index contributed by atoms with van der Waals surface area (Å²) in [5, 5.41) is 3.17. The molecule has 1 saturated carbocycles. The monoisotopic (exact) mass is 253 g/mol. The SMILES string of the molecule is O=S(=O)(O)SCCNCCCC1CCC1. The molecular weight excluding hydrogens is 234 g/mol. The highest BCUT2D eigenvalue weighted by molar-refractivity contribution is 8.69. The minimum atomic E-state index is -3.85. The first kappa shape index (κ1) is 13.3. The summed E-state index contributed by atoms with van der Waals surface area (Å²) in [6, 6.07) is 0. The summed E-state index contributed by atoms with van der Waals surface area (Å²) in [4.78, 5) is 0. The Morgan fingerprint density at radius 3 is 2.60 bits per heavy atom. The lowest BCUT2D eigenvalue weighted by molar-refractivity contribution is 0.289. The van der Waals surface area contributed by atoms with Crippen molar-refractivity contribution in [3.8, 4) is 0 Å². The van der Waals surface area contributed by atoms with E-state index in [1.807, 2.05) is 0 Å². The van der Waals surface area contributed by atoms with E-state index in [9.17, 15) is 8.42 Å². The minimum Gasteiger partial charge on any atom is -0.316 e. The van der Waals surface area contributed by atoms with Gasteiger partial charge in [-0.3, -0.25) is 4.55 Å². The van der Waals surface area contributed by atoms with Gasteiger partial charge in [0.15, 0.2) is 0 Å². The molecule has 0 aliphatic heterocycles. The Morgan fingerprint density at radius 1 is 1.33 bits per heavy atom. The van der Waals surface area contributed by atoms with Gasteiger partial charge < -0.3 is 5.32 Å². The summed E-state index contributed by atoms with van der Waals surface area (Å²) in [5.74, 6) is 1.35. The van der Waals surface area contributed by atoms with Crippen LogP contribution in [0.4, 0.5) is 0 Å². The molecule has 1 rings (SSSR count). The van der Waals surface area contributed by atoms with E-state index in [1.165, 1.54) is 32.1 Å². The summed E-state index contributed by atoms with van der Waals surface area (Å²) in [6.45, 7) is 1.58. The second kappa shape index (κ2) is 6.73. The largest absolute Gasteiger partial charge is 0.319 e. The molecule has 0 unspecified atom stereocenters. The Balaban J connectivity index is 1.80. The second-order valence-electron chi connectivity index (χ2n) is 3.94. The van der Waals surface area contributed by atoms with Crippen molar-refractivity contribution < 1.29 is 13.0 Å². The van der Waals surface area contributed by atoms with E-state index in [4.69, 9.17) is 4.55 Å². The van der Waals surface area contributed by atoms with Gasteiger partial charge in [0.2, 0.25) is 0 Å². The molecule has 0 spiro atoms. The van der Waals surface area contributed by atoms with Crippen molar-refractivity contribution in [3.63, 3.8) is 0 Å². The van der Waals surface area contributed by atoms with Crippen molar-refractivity contribution in [1.29, 1.82) is 0 Å². The molecule has 0 heterocycles. The highest BCUT2D eigenvalue weighted by Gasteiger charge is 2.15. The van der Waals surface area contributed by atoms with Crippen LogP contribution in [0.15, 0.2) is 0 Å². The van der Waals surface area contributed by atoms with Crippen LogP contribution in [-0.2, 0) is 9.15 Å². The van der Waals surface area contributed by atoms with Crippen LogP contribution in [0.5, 0.6) is 0 Å². The lowest BCUT2D eigenvalue weighted by atomic mass is 9.82. The summed E-state index contributed by atoms with van der Waals surface area (Å²) in [7, 11) is -3.27. The average molecular weight is 253 g/mol. The van der Waals surface area contributed by atoms with Crippen molar-refractivity contribution in [2.75, 3.05) is 18.8 Å². The van der Waals surface area contributed by atoms with Crippen LogP contribution in [0.2, 0.25) is 0 Å². The molecule has 6 heteroatoms. The van der Waals surface area contributed by atoms with Crippen LogP contribution in [0.25, 0.3) is 0 Å². The van der Waals surface area contributed by atoms with Gasteiger partial charge in [-0.25, -0.2) is 0 Å². The van der Waals surface area contributed by atoms with E-state index in [0.29, 0.717) is 23.1 Å². The maximum absolute atomic E-state index is 10.3. The maximum atomic E-state index is 10.3. The summed E-state index contributed by atoms with van der Waals surface area (Å²) >= 11 is 0. The predicted molar refractivity (Wildman–Crippen MR) is 63.5 cm³/mol. The number of rotatable bonds is 8. The Labute approximate surface area is 95.4 Å². The summed E-state index contributed by atoms with van der Waals surface area (Å²) in [5.41, 5.74) is 0. The standard InChI is InChI=1S/C9H19NO3S2/c11-15(12,13)14-8-7-10-6-2-5-9-3-1-4-9/h9-10H,1-8H2,(H,11,12,13). The molecule has 0 aromatic rings. The average Bonchev–Trinajstić information content (AvgIpc) is 2.04. The Hall–Kier alpha value is 0.220. The second-order valence-corrected chi connectivity index (χ2v) is 7.41. The molecule has 4 nitrogen and oxygen atoms in total. The molecule has 0 atom stereocenters. The zero-order chi connectivity index (χ0) is 11.1. The molecular formula is C9H19NO3S2. The maximum Gasteiger partial charge on any atom is 0.319 e. The van der Waals surface area contributed by atoms with E-state index in [2.05, 4.69) is 5.32 Å². The number of nitrogens with one attached hydrogen (secondary N) is 1. The van der Waals surface area contributed by atoms with Crippen molar-refractivity contribution >= 4 is 19.9 Å². The van der Waals surface area contributed by atoms with Gasteiger partial charge in [0.05, 0.1) is 0 Å². The molecule has 0 saturated heterocycles. The highest BCUT2D eigenvalue weighted by atomic mass is 33.1. The van der Waals surface area contributed by atoms with Gasteiger partial charge in [0, 0.05) is 12.3 Å². The van der Waals surface area contributed by atoms with Crippen LogP contribution < -0.4 is 5.32 Å². The molecule has 15 heavy (non-hydrogen) atoms. The zero-order valence-corrected chi connectivity index (χ0v) is 10.4. The molecule has 90 valence electrons.